The number of aliphatic hydroxyl groups is 2. The first-order valence-electron chi connectivity index (χ1n) is 8.14. The molecule has 0 aromatic rings. The summed E-state index contributed by atoms with van der Waals surface area (Å²) in [7, 11) is 1.50. The number of ether oxygens (including phenoxy) is 1. The minimum absolute atomic E-state index is 0.0313. The largest absolute Gasteiger partial charge is 0.390 e. The van der Waals surface area contributed by atoms with Crippen molar-refractivity contribution in [3.8, 4) is 0 Å². The molecule has 134 valence electrons. The van der Waals surface area contributed by atoms with Gasteiger partial charge in [-0.15, -0.1) is 0 Å². The fourth-order valence-electron chi connectivity index (χ4n) is 3.15. The molecule has 0 aromatic carbocycles. The first kappa shape index (κ1) is 18.9. The van der Waals surface area contributed by atoms with Gasteiger partial charge in [0.05, 0.1) is 25.9 Å². The predicted octanol–water partition coefficient (Wildman–Crippen LogP) is 1.91. The van der Waals surface area contributed by atoms with Crippen molar-refractivity contribution in [3.05, 3.63) is 34.2 Å². The summed E-state index contributed by atoms with van der Waals surface area (Å²) in [6.45, 7) is 6.59. The van der Waals surface area contributed by atoms with Gasteiger partial charge in [0.15, 0.2) is 6.23 Å². The second-order valence-electron chi connectivity index (χ2n) is 6.42. The van der Waals surface area contributed by atoms with Gasteiger partial charge in [-0.25, -0.2) is 0 Å². The molecule has 0 bridgehead atoms. The molecule has 24 heavy (non-hydrogen) atoms. The summed E-state index contributed by atoms with van der Waals surface area (Å²) < 4.78 is 5.56. The highest BCUT2D eigenvalue weighted by atomic mass is 16.7. The molecule has 1 heterocycles. The molecule has 1 fully saturated rings. The molecule has 8 nitrogen and oxygen atoms in total. The Labute approximate surface area is 141 Å². The van der Waals surface area contributed by atoms with E-state index in [9.17, 15) is 10.2 Å². The lowest BCUT2D eigenvalue weighted by Crippen LogP contribution is -2.58. The lowest BCUT2D eigenvalue weighted by Gasteiger charge is -2.40. The molecular weight excluding hydrogens is 312 g/mol. The Bertz CT molecular complexity index is 532. The Balaban J connectivity index is 1.99. The Morgan fingerprint density at radius 3 is 2.83 bits per heavy atom. The van der Waals surface area contributed by atoms with E-state index in [1.807, 2.05) is 0 Å². The number of hydrogen-bond acceptors (Lipinski definition) is 6. The van der Waals surface area contributed by atoms with E-state index in [0.717, 1.165) is 19.3 Å². The smallest absolute Gasteiger partial charge is 0.161 e. The van der Waals surface area contributed by atoms with Gasteiger partial charge in [-0.1, -0.05) is 28.9 Å². The average Bonchev–Trinajstić information content (AvgIpc) is 2.58. The second-order valence-corrected chi connectivity index (χ2v) is 6.42. The van der Waals surface area contributed by atoms with Gasteiger partial charge in [0.2, 0.25) is 0 Å². The standard InChI is InChI=1S/C16H26N4O4/c1-10(2)12-6-4-11(5-7-12)8-20(23-3)16-15(22)14(21)13(9-24-16)18-19-17/h4,12-16,21-22H,1,5-9H2,2-3H3/t12-,13?,14+,15-,16?/m1/s1. The summed E-state index contributed by atoms with van der Waals surface area (Å²) in [6, 6.07) is -0.801. The molecule has 2 aliphatic rings. The van der Waals surface area contributed by atoms with Gasteiger partial charge in [-0.3, -0.25) is 4.84 Å². The maximum atomic E-state index is 10.3. The molecule has 0 aromatic heterocycles. The Hall–Kier alpha value is -1.41. The van der Waals surface area contributed by atoms with Crippen molar-refractivity contribution in [3.63, 3.8) is 0 Å². The third-order valence-electron chi connectivity index (χ3n) is 4.75. The Morgan fingerprint density at radius 1 is 1.54 bits per heavy atom. The highest BCUT2D eigenvalue weighted by Crippen LogP contribution is 2.29. The van der Waals surface area contributed by atoms with Crippen LogP contribution in [0.3, 0.4) is 0 Å². The SMILES string of the molecule is C=C(C)[C@@H]1CC=C(CN(OC)C2OCC(N=[N+]=[N-])[C@H](O)[C@H]2O)CC1. The van der Waals surface area contributed by atoms with Crippen LogP contribution in [0.15, 0.2) is 28.9 Å². The summed E-state index contributed by atoms with van der Waals surface area (Å²) in [5.74, 6) is 0.521. The molecule has 1 saturated heterocycles. The summed E-state index contributed by atoms with van der Waals surface area (Å²) in [6.07, 6.45) is 1.90. The maximum absolute atomic E-state index is 10.3. The minimum atomic E-state index is -1.22. The topological polar surface area (TPSA) is 111 Å². The molecule has 0 amide bonds. The highest BCUT2D eigenvalue weighted by Gasteiger charge is 2.41. The number of aliphatic hydroxyl groups excluding tert-OH is 2. The molecule has 2 N–H and O–H groups in total. The zero-order valence-corrected chi connectivity index (χ0v) is 14.2. The number of nitrogens with zero attached hydrogens (tertiary/aromatic N) is 4. The van der Waals surface area contributed by atoms with Gasteiger partial charge in [0.1, 0.15) is 6.10 Å². The van der Waals surface area contributed by atoms with Gasteiger partial charge in [0, 0.05) is 11.5 Å². The van der Waals surface area contributed by atoms with Crippen LogP contribution in [-0.2, 0) is 9.57 Å². The van der Waals surface area contributed by atoms with Crippen LogP contribution in [0.5, 0.6) is 0 Å². The number of hydroxylamine groups is 2. The van der Waals surface area contributed by atoms with Crippen molar-refractivity contribution >= 4 is 0 Å². The predicted molar refractivity (Wildman–Crippen MR) is 88.6 cm³/mol. The van der Waals surface area contributed by atoms with Gasteiger partial charge in [-0.05, 0) is 37.6 Å². The lowest BCUT2D eigenvalue weighted by atomic mass is 9.85. The lowest BCUT2D eigenvalue weighted by molar-refractivity contribution is -0.289. The van der Waals surface area contributed by atoms with E-state index in [1.165, 1.54) is 23.3 Å². The van der Waals surface area contributed by atoms with Crippen LogP contribution in [-0.4, -0.2) is 60.0 Å². The molecule has 0 saturated carbocycles. The van der Waals surface area contributed by atoms with Crippen molar-refractivity contribution in [1.29, 1.82) is 0 Å². The van der Waals surface area contributed by atoms with Crippen LogP contribution in [0, 0.1) is 5.92 Å². The molecule has 0 spiro atoms. The molecular formula is C16H26N4O4. The highest BCUT2D eigenvalue weighted by molar-refractivity contribution is 5.13. The van der Waals surface area contributed by atoms with E-state index in [4.69, 9.17) is 15.1 Å². The normalized spacial score (nSPS) is 33.7. The third kappa shape index (κ3) is 4.36. The summed E-state index contributed by atoms with van der Waals surface area (Å²) in [4.78, 5) is 8.02. The zero-order valence-electron chi connectivity index (χ0n) is 14.2. The number of allylic oxidation sites excluding steroid dienone is 2. The second kappa shape index (κ2) is 8.62. The van der Waals surface area contributed by atoms with Crippen LogP contribution in [0.1, 0.15) is 26.2 Å². The van der Waals surface area contributed by atoms with Gasteiger partial charge >= 0.3 is 0 Å². The Morgan fingerprint density at radius 2 is 2.29 bits per heavy atom. The summed E-state index contributed by atoms with van der Waals surface area (Å²) in [5.41, 5.74) is 10.9. The number of hydrogen-bond donors (Lipinski definition) is 2. The van der Waals surface area contributed by atoms with E-state index in [-0.39, 0.29) is 6.61 Å². The van der Waals surface area contributed by atoms with Gasteiger partial charge < -0.3 is 14.9 Å². The molecule has 2 rings (SSSR count). The average molecular weight is 338 g/mol. The van der Waals surface area contributed by atoms with E-state index in [2.05, 4.69) is 29.6 Å². The number of rotatable bonds is 6. The fourth-order valence-corrected chi connectivity index (χ4v) is 3.15. The van der Waals surface area contributed by atoms with Crippen molar-refractivity contribution in [2.75, 3.05) is 20.3 Å². The van der Waals surface area contributed by atoms with Crippen LogP contribution < -0.4 is 0 Å². The molecule has 1 aliphatic heterocycles. The summed E-state index contributed by atoms with van der Waals surface area (Å²) >= 11 is 0. The van der Waals surface area contributed by atoms with Crippen molar-refractivity contribution < 1.29 is 19.8 Å². The van der Waals surface area contributed by atoms with Crippen molar-refractivity contribution in [2.24, 2.45) is 11.0 Å². The van der Waals surface area contributed by atoms with E-state index in [0.29, 0.717) is 12.5 Å². The number of azide groups is 1. The van der Waals surface area contributed by atoms with Gasteiger partial charge in [0.25, 0.3) is 0 Å². The van der Waals surface area contributed by atoms with Crippen LogP contribution in [0.4, 0.5) is 0 Å². The quantitative estimate of drug-likeness (QED) is 0.253. The maximum Gasteiger partial charge on any atom is 0.161 e. The Kier molecular flexibility index (Phi) is 6.79. The van der Waals surface area contributed by atoms with Crippen LogP contribution >= 0.6 is 0 Å². The summed E-state index contributed by atoms with van der Waals surface area (Å²) in [5, 5.41) is 25.3. The zero-order chi connectivity index (χ0) is 17.7. The minimum Gasteiger partial charge on any atom is -0.390 e. The van der Waals surface area contributed by atoms with E-state index < -0.39 is 24.5 Å². The fraction of sp³-hybridized carbons (Fsp3) is 0.750. The van der Waals surface area contributed by atoms with Crippen LogP contribution in [0.2, 0.25) is 0 Å². The van der Waals surface area contributed by atoms with Crippen molar-refractivity contribution in [2.45, 2.75) is 50.7 Å². The van der Waals surface area contributed by atoms with E-state index >= 15 is 0 Å². The molecule has 8 heteroatoms. The molecule has 1 aliphatic carbocycles. The van der Waals surface area contributed by atoms with E-state index in [1.54, 1.807) is 0 Å². The first-order valence-corrected chi connectivity index (χ1v) is 8.14. The monoisotopic (exact) mass is 338 g/mol. The van der Waals surface area contributed by atoms with Gasteiger partial charge in [-0.2, -0.15) is 5.06 Å². The molecule has 0 radical (unpaired) electrons. The van der Waals surface area contributed by atoms with Crippen molar-refractivity contribution in [1.82, 2.24) is 5.06 Å². The third-order valence-corrected chi connectivity index (χ3v) is 4.75. The van der Waals surface area contributed by atoms with Crippen LogP contribution in [0.25, 0.3) is 10.4 Å². The molecule has 2 unspecified atom stereocenters. The first-order chi connectivity index (χ1) is 11.5. The molecule has 5 atom stereocenters.